The molecule has 4 heterocycles. The smallest absolute Gasteiger partial charge is 0.214 e. The summed E-state index contributed by atoms with van der Waals surface area (Å²) >= 11 is 3.07. The number of hydrogen-bond donors (Lipinski definition) is 4. The molecule has 2 saturated heterocycles. The lowest BCUT2D eigenvalue weighted by Crippen LogP contribution is -2.14. The van der Waals surface area contributed by atoms with Gasteiger partial charge in [-0.25, -0.2) is 0 Å². The molecule has 2 aliphatic rings. The van der Waals surface area contributed by atoms with Gasteiger partial charge in [0.25, 0.3) is 0 Å². The van der Waals surface area contributed by atoms with Gasteiger partial charge in [-0.15, -0.1) is 26.0 Å². The van der Waals surface area contributed by atoms with Crippen LogP contribution >= 0.6 is 39.4 Å². The third-order valence-corrected chi connectivity index (χ3v) is 23.7. The summed E-state index contributed by atoms with van der Waals surface area (Å²) < 4.78 is 3.45. The second-order valence-electron chi connectivity index (χ2n) is 27.6. The van der Waals surface area contributed by atoms with Crippen molar-refractivity contribution in [2.24, 2.45) is 0 Å². The average molecular weight is 1230 g/mol. The molecule has 12 nitrogen and oxygen atoms in total. The van der Waals surface area contributed by atoms with Gasteiger partial charge in [0.05, 0.1) is 11.4 Å². The molecule has 2 fully saturated rings. The van der Waals surface area contributed by atoms with E-state index in [2.05, 4.69) is 151 Å². The van der Waals surface area contributed by atoms with Crippen molar-refractivity contribution in [1.29, 1.82) is 0 Å². The van der Waals surface area contributed by atoms with Gasteiger partial charge < -0.3 is 20.4 Å². The fourth-order valence-corrected chi connectivity index (χ4v) is 18.5. The normalized spacial score (nSPS) is 14.7. The van der Waals surface area contributed by atoms with Crippen LogP contribution < -0.4 is 0 Å². The monoisotopic (exact) mass is 1230 g/mol. The van der Waals surface area contributed by atoms with Crippen LogP contribution in [0.4, 0.5) is 0 Å². The summed E-state index contributed by atoms with van der Waals surface area (Å²) in [6, 6.07) is 36.8. The van der Waals surface area contributed by atoms with E-state index in [0.717, 1.165) is 79.3 Å². The van der Waals surface area contributed by atoms with Crippen LogP contribution in [0.3, 0.4) is 0 Å². The van der Waals surface area contributed by atoms with Crippen LogP contribution in [-0.2, 0) is 58.3 Å². The lowest BCUT2D eigenvalue weighted by atomic mass is 9.81. The molecule has 0 radical (unpaired) electrons. The second-order valence-corrected chi connectivity index (χ2v) is 34.6. The van der Waals surface area contributed by atoms with E-state index in [9.17, 15) is 20.4 Å². The van der Waals surface area contributed by atoms with Crippen molar-refractivity contribution in [3.05, 3.63) is 176 Å². The van der Waals surface area contributed by atoms with E-state index >= 15 is 0 Å². The van der Waals surface area contributed by atoms with Gasteiger partial charge in [-0.1, -0.05) is 204 Å². The van der Waals surface area contributed by atoms with Gasteiger partial charge in [0.2, 0.25) is 10.3 Å². The summed E-state index contributed by atoms with van der Waals surface area (Å²) in [5.41, 5.74) is 12.9. The Kier molecular flexibility index (Phi) is 20.9. The topological polar surface area (TPSA) is 168 Å². The highest BCUT2D eigenvalue weighted by atomic mass is 32.2. The molecule has 2 aromatic heterocycles. The van der Waals surface area contributed by atoms with E-state index in [4.69, 9.17) is 0 Å². The molecular formula is C70H90N8O4P2S2. The van der Waals surface area contributed by atoms with Gasteiger partial charge in [0.1, 0.15) is 23.0 Å². The van der Waals surface area contributed by atoms with Gasteiger partial charge in [0, 0.05) is 24.3 Å². The molecular weight excluding hydrogens is 1140 g/mol. The minimum absolute atomic E-state index is 0.0513. The SMILES string of the molecule is CC(C)(C)c1cc(CP2CCCCC2)cc(Cc2cc(CP3CCCCC3)cc(C(C)(C)C)c2O)c1O.CC(C)(C)c1cc(CSc2nnnn2-c2ccccc2)cc(Cc2cc(CSc3nnnn3-c3ccccc3)cc(C(C)(C)C)c2O)c1O. The first-order valence-electron chi connectivity index (χ1n) is 30.6. The maximum atomic E-state index is 11.7. The predicted molar refractivity (Wildman–Crippen MR) is 359 cm³/mol. The van der Waals surface area contributed by atoms with Crippen LogP contribution in [-0.4, -0.2) is 85.5 Å². The molecule has 0 atom stereocenters. The molecule has 16 heteroatoms. The Hall–Kier alpha value is -5.78. The zero-order valence-corrected chi connectivity index (χ0v) is 56.2. The van der Waals surface area contributed by atoms with Crippen LogP contribution in [0, 0.1) is 0 Å². The van der Waals surface area contributed by atoms with Crippen LogP contribution in [0.15, 0.2) is 120 Å². The number of tetrazole rings is 2. The highest BCUT2D eigenvalue weighted by molar-refractivity contribution is 7.98. The highest BCUT2D eigenvalue weighted by Crippen LogP contribution is 2.49. The van der Waals surface area contributed by atoms with Gasteiger partial charge in [0.15, 0.2) is 0 Å². The number of para-hydroxylation sites is 2. The summed E-state index contributed by atoms with van der Waals surface area (Å²) in [4.78, 5) is 0. The van der Waals surface area contributed by atoms with Crippen molar-refractivity contribution in [2.75, 3.05) is 24.6 Å². The van der Waals surface area contributed by atoms with E-state index in [1.165, 1.54) is 97.8 Å². The fraction of sp³-hybridized carbons (Fsp3) is 0.457. The summed E-state index contributed by atoms with van der Waals surface area (Å²) in [6.45, 7) is 25.7. The zero-order chi connectivity index (χ0) is 61.6. The average Bonchev–Trinajstić information content (AvgIpc) is 2.26. The number of rotatable bonds is 16. The molecule has 0 saturated carbocycles. The molecule has 0 amide bonds. The number of phenols is 4. The van der Waals surface area contributed by atoms with Crippen LogP contribution in [0.5, 0.6) is 23.0 Å². The molecule has 0 unspecified atom stereocenters. The Morgan fingerprint density at radius 3 is 0.988 bits per heavy atom. The van der Waals surface area contributed by atoms with Crippen molar-refractivity contribution in [2.45, 2.75) is 190 Å². The molecule has 0 bridgehead atoms. The Bertz CT molecular complexity index is 3340. The quantitative estimate of drug-likeness (QED) is 0.0535. The molecule has 2 aliphatic heterocycles. The summed E-state index contributed by atoms with van der Waals surface area (Å²) in [5, 5.41) is 72.4. The lowest BCUT2D eigenvalue weighted by molar-refractivity contribution is 0.434. The van der Waals surface area contributed by atoms with Crippen molar-refractivity contribution >= 4 is 39.4 Å². The van der Waals surface area contributed by atoms with E-state index in [1.807, 2.05) is 72.8 Å². The third-order valence-electron chi connectivity index (χ3n) is 16.3. The molecule has 456 valence electrons. The maximum Gasteiger partial charge on any atom is 0.214 e. The van der Waals surface area contributed by atoms with Crippen molar-refractivity contribution in [1.82, 2.24) is 40.4 Å². The van der Waals surface area contributed by atoms with Gasteiger partial charge in [-0.3, -0.25) is 0 Å². The van der Waals surface area contributed by atoms with E-state index in [0.29, 0.717) is 46.2 Å². The lowest BCUT2D eigenvalue weighted by Gasteiger charge is -2.28. The molecule has 10 rings (SSSR count). The van der Waals surface area contributed by atoms with Gasteiger partial charge in [-0.2, -0.15) is 9.36 Å². The molecule has 0 aliphatic carbocycles. The van der Waals surface area contributed by atoms with Crippen molar-refractivity contribution in [3.63, 3.8) is 0 Å². The van der Waals surface area contributed by atoms with Crippen LogP contribution in [0.25, 0.3) is 11.4 Å². The van der Waals surface area contributed by atoms with Gasteiger partial charge in [-0.05, 0) is 196 Å². The van der Waals surface area contributed by atoms with Crippen molar-refractivity contribution < 1.29 is 20.4 Å². The van der Waals surface area contributed by atoms with Crippen LogP contribution in [0.1, 0.15) is 188 Å². The first kappa shape index (κ1) is 64.7. The molecule has 8 aromatic rings. The summed E-state index contributed by atoms with van der Waals surface area (Å²) in [5.74, 6) is 2.52. The molecule has 6 aromatic carbocycles. The third kappa shape index (κ3) is 16.5. The van der Waals surface area contributed by atoms with E-state index in [-0.39, 0.29) is 49.0 Å². The predicted octanol–water partition coefficient (Wildman–Crippen LogP) is 17.4. The van der Waals surface area contributed by atoms with Crippen LogP contribution in [0.2, 0.25) is 0 Å². The minimum Gasteiger partial charge on any atom is -0.507 e. The summed E-state index contributed by atoms with van der Waals surface area (Å²) in [6.07, 6.45) is 17.1. The molecule has 4 N–H and O–H groups in total. The van der Waals surface area contributed by atoms with Gasteiger partial charge >= 0.3 is 0 Å². The Labute approximate surface area is 522 Å². The fourth-order valence-electron chi connectivity index (χ4n) is 11.7. The number of hydrogen-bond acceptors (Lipinski definition) is 12. The Morgan fingerprint density at radius 1 is 0.395 bits per heavy atom. The number of nitrogens with zero attached hydrogens (tertiary/aromatic N) is 8. The first-order valence-corrected chi connectivity index (χ1v) is 36.4. The summed E-state index contributed by atoms with van der Waals surface area (Å²) in [7, 11) is 0.103. The number of benzene rings is 6. The Morgan fingerprint density at radius 2 is 0.686 bits per heavy atom. The number of thioether (sulfide) groups is 2. The first-order chi connectivity index (χ1) is 40.8. The second kappa shape index (κ2) is 27.7. The number of aromatic nitrogens is 8. The number of aromatic hydroxyl groups is 4. The minimum atomic E-state index is -0.315. The number of phenolic OH excluding ortho intramolecular Hbond substituents is 4. The molecule has 86 heavy (non-hydrogen) atoms. The van der Waals surface area contributed by atoms with E-state index < -0.39 is 0 Å². The van der Waals surface area contributed by atoms with E-state index in [1.54, 1.807) is 9.36 Å². The standard InChI is InChI=1S/C37H40N8O2S2.C33H50O2P2/c1-36(2,3)30-19-24(22-48-34-38-40-42-44(34)28-13-9-7-10-14-28)17-26(32(30)46)21-27-18-25(20-31(33(27)47)37(4,5)6)23-49-35-39-41-43-45(35)29-15-11-8-12-16-29;1-32(2,3)28-19-24(22-36-13-9-7-10-14-36)17-26(30(28)34)21-27-18-25(23-37-15-11-8-12-16-37)20-29(31(27)35)33(4,5)6/h7-20,46-47H,21-23H2,1-6H3;17-20,34-35H,7-16,21-23H2,1-6H3. The highest BCUT2D eigenvalue weighted by Gasteiger charge is 2.29. The molecule has 0 spiro atoms. The van der Waals surface area contributed by atoms with Crippen molar-refractivity contribution in [3.8, 4) is 34.4 Å². The maximum absolute atomic E-state index is 11.7. The Balaban J connectivity index is 0.000000214. The largest absolute Gasteiger partial charge is 0.507 e. The zero-order valence-electron chi connectivity index (χ0n) is 52.8.